The summed E-state index contributed by atoms with van der Waals surface area (Å²) < 4.78 is 25.4. The third-order valence-electron chi connectivity index (χ3n) is 4.09. The second kappa shape index (κ2) is 7.48. The minimum Gasteiger partial charge on any atom is -0.348 e. The molecule has 1 amide bonds. The number of likely N-dealkylation sites (tertiary alicyclic amines) is 1. The first-order valence-electron chi connectivity index (χ1n) is 7.87. The molecule has 24 heavy (non-hydrogen) atoms. The Hall–Kier alpha value is -2.35. The van der Waals surface area contributed by atoms with Crippen LogP contribution in [0.15, 0.2) is 36.8 Å². The summed E-state index contributed by atoms with van der Waals surface area (Å²) >= 11 is 0. The summed E-state index contributed by atoms with van der Waals surface area (Å²) in [7, 11) is 0. The van der Waals surface area contributed by atoms with E-state index >= 15 is 0 Å². The molecule has 0 bridgehead atoms. The van der Waals surface area contributed by atoms with Gasteiger partial charge in [0.25, 0.3) is 5.91 Å². The van der Waals surface area contributed by atoms with Crippen molar-refractivity contribution in [3.8, 4) is 0 Å². The quantitative estimate of drug-likeness (QED) is 0.909. The summed E-state index contributed by atoms with van der Waals surface area (Å²) in [5.41, 5.74) is 1.19. The molecule has 8 heteroatoms. The highest BCUT2D eigenvalue weighted by molar-refractivity contribution is 5.92. The maximum absolute atomic E-state index is 12.5. The third-order valence-corrected chi connectivity index (χ3v) is 4.09. The Balaban J connectivity index is 1.47. The fourth-order valence-electron chi connectivity index (χ4n) is 2.81. The molecule has 1 aliphatic rings. The Morgan fingerprint density at radius 2 is 2.12 bits per heavy atom. The first-order valence-corrected chi connectivity index (χ1v) is 7.87. The molecule has 2 aromatic rings. The van der Waals surface area contributed by atoms with Gasteiger partial charge >= 0.3 is 6.55 Å². The molecule has 1 aliphatic heterocycles. The van der Waals surface area contributed by atoms with E-state index in [1.807, 2.05) is 18.3 Å². The summed E-state index contributed by atoms with van der Waals surface area (Å²) in [6.07, 6.45) is 6.35. The highest BCUT2D eigenvalue weighted by atomic mass is 19.3. The van der Waals surface area contributed by atoms with Gasteiger partial charge in [-0.05, 0) is 30.5 Å². The van der Waals surface area contributed by atoms with Crippen molar-refractivity contribution >= 4 is 5.91 Å². The lowest BCUT2D eigenvalue weighted by atomic mass is 10.0. The van der Waals surface area contributed by atoms with Gasteiger partial charge in [0.1, 0.15) is 5.69 Å². The van der Waals surface area contributed by atoms with E-state index in [0.717, 1.165) is 44.2 Å². The third kappa shape index (κ3) is 4.14. The number of carbonyl (C=O) groups is 1. The van der Waals surface area contributed by atoms with Crippen LogP contribution < -0.4 is 5.32 Å². The number of rotatable bonds is 5. The number of amides is 1. The zero-order valence-corrected chi connectivity index (χ0v) is 13.1. The summed E-state index contributed by atoms with van der Waals surface area (Å²) in [6.45, 7) is -0.161. The molecule has 3 heterocycles. The first-order chi connectivity index (χ1) is 11.6. The van der Waals surface area contributed by atoms with Crippen molar-refractivity contribution in [2.24, 2.45) is 0 Å². The molecule has 128 valence electrons. The standard InChI is InChI=1S/C16H19F2N5O/c17-16(18)23-9-5-14(21-23)15(24)20-13-3-7-22(8-4-13)11-12-2-1-6-19-10-12/h1-2,5-6,9-10,13,16H,3-4,7-8,11H2,(H,20,24). The average molecular weight is 335 g/mol. The number of halogens is 2. The van der Waals surface area contributed by atoms with E-state index in [4.69, 9.17) is 0 Å². The fraction of sp³-hybridized carbons (Fsp3) is 0.438. The van der Waals surface area contributed by atoms with E-state index in [1.54, 1.807) is 6.20 Å². The van der Waals surface area contributed by atoms with Gasteiger partial charge in [-0.3, -0.25) is 14.7 Å². The number of alkyl halides is 2. The number of nitrogens with zero attached hydrogens (tertiary/aromatic N) is 4. The highest BCUT2D eigenvalue weighted by Crippen LogP contribution is 2.14. The van der Waals surface area contributed by atoms with Gasteiger partial charge in [0.2, 0.25) is 0 Å². The van der Waals surface area contributed by atoms with Crippen molar-refractivity contribution in [2.45, 2.75) is 32.0 Å². The van der Waals surface area contributed by atoms with Crippen LogP contribution in [0, 0.1) is 0 Å². The molecule has 1 saturated heterocycles. The highest BCUT2D eigenvalue weighted by Gasteiger charge is 2.22. The van der Waals surface area contributed by atoms with Gasteiger partial charge in [-0.25, -0.2) is 4.68 Å². The molecule has 0 spiro atoms. The molecule has 0 aliphatic carbocycles. The van der Waals surface area contributed by atoms with Crippen LogP contribution in [0.25, 0.3) is 0 Å². The smallest absolute Gasteiger partial charge is 0.333 e. The molecule has 1 N–H and O–H groups in total. The van der Waals surface area contributed by atoms with Crippen LogP contribution in [-0.2, 0) is 6.54 Å². The molecule has 0 unspecified atom stereocenters. The minimum atomic E-state index is -2.73. The van der Waals surface area contributed by atoms with Crippen LogP contribution in [0.5, 0.6) is 0 Å². The van der Waals surface area contributed by atoms with Crippen molar-refractivity contribution in [3.63, 3.8) is 0 Å². The zero-order chi connectivity index (χ0) is 16.9. The number of pyridine rings is 1. The first kappa shape index (κ1) is 16.5. The van der Waals surface area contributed by atoms with Crippen LogP contribution in [0.3, 0.4) is 0 Å². The van der Waals surface area contributed by atoms with Gasteiger partial charge in [-0.15, -0.1) is 0 Å². The lowest BCUT2D eigenvalue weighted by Gasteiger charge is -2.32. The largest absolute Gasteiger partial charge is 0.348 e. The van der Waals surface area contributed by atoms with E-state index in [-0.39, 0.29) is 11.7 Å². The number of nitrogens with one attached hydrogen (secondary N) is 1. The van der Waals surface area contributed by atoms with Crippen molar-refractivity contribution in [3.05, 3.63) is 48.0 Å². The molecule has 0 aromatic carbocycles. The molecule has 1 fully saturated rings. The predicted molar refractivity (Wildman–Crippen MR) is 83.5 cm³/mol. The van der Waals surface area contributed by atoms with Crippen LogP contribution in [0.4, 0.5) is 8.78 Å². The summed E-state index contributed by atoms with van der Waals surface area (Å²) in [6, 6.07) is 5.31. The van der Waals surface area contributed by atoms with E-state index < -0.39 is 12.5 Å². The Morgan fingerprint density at radius 3 is 2.75 bits per heavy atom. The van der Waals surface area contributed by atoms with E-state index in [9.17, 15) is 13.6 Å². The SMILES string of the molecule is O=C(NC1CCN(Cc2cccnc2)CC1)c1ccn(C(F)F)n1. The summed E-state index contributed by atoms with van der Waals surface area (Å²) in [4.78, 5) is 18.5. The molecule has 3 rings (SSSR count). The Morgan fingerprint density at radius 1 is 1.33 bits per heavy atom. The molecule has 6 nitrogen and oxygen atoms in total. The van der Waals surface area contributed by atoms with Gasteiger partial charge in [-0.2, -0.15) is 13.9 Å². The lowest BCUT2D eigenvalue weighted by Crippen LogP contribution is -2.44. The fourth-order valence-corrected chi connectivity index (χ4v) is 2.81. The number of carbonyl (C=O) groups excluding carboxylic acids is 1. The number of aromatic nitrogens is 3. The van der Waals surface area contributed by atoms with Crippen molar-refractivity contribution in [1.29, 1.82) is 0 Å². The Kier molecular flexibility index (Phi) is 5.14. The number of hydrogen-bond donors (Lipinski definition) is 1. The van der Waals surface area contributed by atoms with Gasteiger partial charge in [-0.1, -0.05) is 6.07 Å². The number of piperidine rings is 1. The van der Waals surface area contributed by atoms with Gasteiger partial charge in [0, 0.05) is 44.3 Å². The Labute approximate surface area is 138 Å². The van der Waals surface area contributed by atoms with Crippen LogP contribution >= 0.6 is 0 Å². The topological polar surface area (TPSA) is 63.1 Å². The van der Waals surface area contributed by atoms with Crippen molar-refractivity contribution < 1.29 is 13.6 Å². The zero-order valence-electron chi connectivity index (χ0n) is 13.1. The van der Waals surface area contributed by atoms with Crippen LogP contribution in [0.1, 0.15) is 35.4 Å². The van der Waals surface area contributed by atoms with E-state index in [1.165, 1.54) is 6.07 Å². The van der Waals surface area contributed by atoms with E-state index in [0.29, 0.717) is 4.68 Å². The minimum absolute atomic E-state index is 0.0214. The maximum Gasteiger partial charge on any atom is 0.333 e. The predicted octanol–water partition coefficient (Wildman–Crippen LogP) is 2.07. The summed E-state index contributed by atoms with van der Waals surface area (Å²) in [5.74, 6) is -0.403. The van der Waals surface area contributed by atoms with Gasteiger partial charge in [0.15, 0.2) is 0 Å². The lowest BCUT2D eigenvalue weighted by molar-refractivity contribution is 0.0559. The normalized spacial score (nSPS) is 16.5. The monoisotopic (exact) mass is 335 g/mol. The van der Waals surface area contributed by atoms with Crippen molar-refractivity contribution in [2.75, 3.05) is 13.1 Å². The van der Waals surface area contributed by atoms with Crippen molar-refractivity contribution in [1.82, 2.24) is 25.0 Å². The molecule has 2 aromatic heterocycles. The van der Waals surface area contributed by atoms with Gasteiger partial charge in [0.05, 0.1) is 0 Å². The molecular weight excluding hydrogens is 316 g/mol. The van der Waals surface area contributed by atoms with Gasteiger partial charge < -0.3 is 5.32 Å². The molecule has 0 atom stereocenters. The summed E-state index contributed by atoms with van der Waals surface area (Å²) in [5, 5.41) is 6.46. The number of hydrogen-bond acceptors (Lipinski definition) is 4. The Bertz CT molecular complexity index is 668. The average Bonchev–Trinajstić information content (AvgIpc) is 3.08. The second-order valence-electron chi connectivity index (χ2n) is 5.84. The van der Waals surface area contributed by atoms with E-state index in [2.05, 4.69) is 20.3 Å². The molecule has 0 radical (unpaired) electrons. The van der Waals surface area contributed by atoms with Crippen LogP contribution in [-0.4, -0.2) is 44.7 Å². The second-order valence-corrected chi connectivity index (χ2v) is 5.84. The van der Waals surface area contributed by atoms with Crippen LogP contribution in [0.2, 0.25) is 0 Å². The molecule has 0 saturated carbocycles. The maximum atomic E-state index is 12.5. The molecular formula is C16H19F2N5O.